The number of fused-ring (bicyclic) bond motifs is 1. The summed E-state index contributed by atoms with van der Waals surface area (Å²) in [6.07, 6.45) is 5.32. The Morgan fingerprint density at radius 3 is 2.59 bits per heavy atom. The van der Waals surface area contributed by atoms with Gasteiger partial charge in [0.2, 0.25) is 14.8 Å². The summed E-state index contributed by atoms with van der Waals surface area (Å²) in [6.45, 7) is 1.52. The number of ether oxygens (including phenoxy) is 1. The van der Waals surface area contributed by atoms with Gasteiger partial charge in [-0.2, -0.15) is 9.41 Å². The van der Waals surface area contributed by atoms with E-state index < -0.39 is 10.0 Å². The van der Waals surface area contributed by atoms with Crippen molar-refractivity contribution in [3.05, 3.63) is 88.9 Å². The molecule has 4 heterocycles. The second kappa shape index (κ2) is 9.94. The lowest BCUT2D eigenvalue weighted by Crippen LogP contribution is -2.40. The van der Waals surface area contributed by atoms with Crippen LogP contribution in [0.1, 0.15) is 5.56 Å². The van der Waals surface area contributed by atoms with Crippen LogP contribution in [-0.4, -0.2) is 54.9 Å². The van der Waals surface area contributed by atoms with Crippen molar-refractivity contribution >= 4 is 44.2 Å². The molecule has 5 aromatic rings. The van der Waals surface area contributed by atoms with Gasteiger partial charge in [0.1, 0.15) is 5.69 Å². The Morgan fingerprint density at radius 1 is 1.00 bits per heavy atom. The lowest BCUT2D eigenvalue weighted by Gasteiger charge is -2.26. The van der Waals surface area contributed by atoms with Gasteiger partial charge in [0.15, 0.2) is 5.76 Å². The Kier molecular flexibility index (Phi) is 6.35. The van der Waals surface area contributed by atoms with Gasteiger partial charge < -0.3 is 14.1 Å². The summed E-state index contributed by atoms with van der Waals surface area (Å²) in [5.41, 5.74) is 3.35. The predicted octanol–water partition coefficient (Wildman–Crippen LogP) is 4.43. The summed E-state index contributed by atoms with van der Waals surface area (Å²) >= 11 is 1.42. The molecule has 0 radical (unpaired) electrons. The van der Waals surface area contributed by atoms with Crippen molar-refractivity contribution < 1.29 is 17.6 Å². The molecule has 0 spiro atoms. The summed E-state index contributed by atoms with van der Waals surface area (Å²) in [4.78, 5) is 8.87. The maximum absolute atomic E-state index is 12.9. The highest BCUT2D eigenvalue weighted by atomic mass is 32.2. The largest absolute Gasteiger partial charge is 0.463 e. The Hall–Kier alpha value is -3.77. The SMILES string of the molecule is O=S(=O)(c1ccc(N=c2scc(-c3ccco3)n2N=Cc2c[nH]c3ccccc23)cc1)N1CCOCC1. The average molecular weight is 534 g/mol. The minimum Gasteiger partial charge on any atom is -0.463 e. The molecule has 1 aliphatic heterocycles. The van der Waals surface area contributed by atoms with E-state index in [9.17, 15) is 8.42 Å². The molecule has 11 heteroatoms. The molecule has 0 unspecified atom stereocenters. The second-order valence-corrected chi connectivity index (χ2v) is 11.1. The van der Waals surface area contributed by atoms with Gasteiger partial charge in [-0.1, -0.05) is 18.2 Å². The van der Waals surface area contributed by atoms with Crippen LogP contribution >= 0.6 is 11.3 Å². The number of aromatic nitrogens is 2. The van der Waals surface area contributed by atoms with E-state index in [-0.39, 0.29) is 4.90 Å². The molecule has 37 heavy (non-hydrogen) atoms. The molecule has 0 amide bonds. The van der Waals surface area contributed by atoms with Crippen molar-refractivity contribution in [2.45, 2.75) is 4.90 Å². The highest BCUT2D eigenvalue weighted by molar-refractivity contribution is 7.89. The number of aromatic amines is 1. The van der Waals surface area contributed by atoms with E-state index in [2.05, 4.69) is 4.98 Å². The highest BCUT2D eigenvalue weighted by Crippen LogP contribution is 2.24. The fraction of sp³-hybridized carbons (Fsp3) is 0.154. The number of nitrogens with one attached hydrogen (secondary N) is 1. The van der Waals surface area contributed by atoms with Crippen LogP contribution in [0.25, 0.3) is 22.4 Å². The third-order valence-corrected chi connectivity index (χ3v) is 8.79. The summed E-state index contributed by atoms with van der Waals surface area (Å²) in [5.74, 6) is 0.667. The van der Waals surface area contributed by atoms with Gasteiger partial charge in [0, 0.05) is 41.1 Å². The maximum Gasteiger partial charge on any atom is 0.243 e. The van der Waals surface area contributed by atoms with E-state index in [4.69, 9.17) is 19.2 Å². The van der Waals surface area contributed by atoms with Gasteiger partial charge in [-0.05, 0) is 42.5 Å². The number of hydrogen-bond acceptors (Lipinski definition) is 7. The molecule has 188 valence electrons. The first-order chi connectivity index (χ1) is 18.1. The van der Waals surface area contributed by atoms with Crippen molar-refractivity contribution in [1.82, 2.24) is 14.0 Å². The maximum atomic E-state index is 12.9. The van der Waals surface area contributed by atoms with E-state index in [1.54, 1.807) is 41.4 Å². The molecule has 6 rings (SSSR count). The first-order valence-corrected chi connectivity index (χ1v) is 14.0. The first-order valence-electron chi connectivity index (χ1n) is 11.7. The van der Waals surface area contributed by atoms with Crippen molar-refractivity contribution in [3.63, 3.8) is 0 Å². The van der Waals surface area contributed by atoms with E-state index in [1.165, 1.54) is 15.6 Å². The Morgan fingerprint density at radius 2 is 1.81 bits per heavy atom. The minimum atomic E-state index is -3.57. The Labute approximate surface area is 217 Å². The minimum absolute atomic E-state index is 0.237. The zero-order valence-electron chi connectivity index (χ0n) is 19.6. The summed E-state index contributed by atoms with van der Waals surface area (Å²) < 4.78 is 40.0. The normalized spacial score (nSPS) is 15.7. The van der Waals surface area contributed by atoms with Crippen LogP contribution in [0.5, 0.6) is 0 Å². The molecular formula is C26H23N5O4S2. The van der Waals surface area contributed by atoms with E-state index >= 15 is 0 Å². The molecule has 9 nitrogen and oxygen atoms in total. The number of hydrogen-bond donors (Lipinski definition) is 1. The zero-order chi connectivity index (χ0) is 25.2. The number of nitrogens with zero attached hydrogens (tertiary/aromatic N) is 4. The molecular weight excluding hydrogens is 510 g/mol. The van der Waals surface area contributed by atoms with Crippen LogP contribution in [0.4, 0.5) is 5.69 Å². The van der Waals surface area contributed by atoms with Gasteiger partial charge in [-0.3, -0.25) is 0 Å². The smallest absolute Gasteiger partial charge is 0.243 e. The van der Waals surface area contributed by atoms with Gasteiger partial charge >= 0.3 is 0 Å². The van der Waals surface area contributed by atoms with Crippen LogP contribution < -0.4 is 4.80 Å². The lowest BCUT2D eigenvalue weighted by atomic mass is 10.2. The molecule has 1 saturated heterocycles. The molecule has 1 N–H and O–H groups in total. The van der Waals surface area contributed by atoms with Crippen LogP contribution in [0, 0.1) is 0 Å². The van der Waals surface area contributed by atoms with Crippen LogP contribution in [0.15, 0.2) is 97.9 Å². The standard InChI is InChI=1S/C26H23N5O4S2/c32-37(33,30-11-14-34-15-12-30)21-9-7-20(8-10-21)29-26-31(24(18-36-26)25-6-3-13-35-25)28-17-19-16-27-23-5-2-1-4-22(19)23/h1-10,13,16-18,27H,11-12,14-15H2. The third-order valence-electron chi connectivity index (χ3n) is 6.06. The summed E-state index contributed by atoms with van der Waals surface area (Å²) in [6, 6.07) is 18.3. The number of benzene rings is 2. The number of sulfonamides is 1. The fourth-order valence-electron chi connectivity index (χ4n) is 4.14. The molecule has 3 aromatic heterocycles. The van der Waals surface area contributed by atoms with Crippen LogP contribution in [-0.2, 0) is 14.8 Å². The van der Waals surface area contributed by atoms with Gasteiger partial charge in [-0.15, -0.1) is 11.3 Å². The Balaban J connectivity index is 1.36. The van der Waals surface area contributed by atoms with E-state index in [1.807, 2.05) is 48.0 Å². The van der Waals surface area contributed by atoms with Gasteiger partial charge in [0.25, 0.3) is 0 Å². The van der Waals surface area contributed by atoms with Crippen LogP contribution in [0.3, 0.4) is 0 Å². The lowest BCUT2D eigenvalue weighted by molar-refractivity contribution is 0.0730. The number of thiazole rings is 1. The summed E-state index contributed by atoms with van der Waals surface area (Å²) in [7, 11) is -3.57. The van der Waals surface area contributed by atoms with Crippen molar-refractivity contribution in [2.24, 2.45) is 10.1 Å². The molecule has 0 saturated carbocycles. The van der Waals surface area contributed by atoms with E-state index in [0.717, 1.165) is 22.2 Å². The molecule has 2 aromatic carbocycles. The van der Waals surface area contributed by atoms with E-state index in [0.29, 0.717) is 42.6 Å². The molecule has 0 atom stereocenters. The van der Waals surface area contributed by atoms with Crippen molar-refractivity contribution in [1.29, 1.82) is 0 Å². The second-order valence-electron chi connectivity index (χ2n) is 8.35. The number of furan rings is 1. The fourth-order valence-corrected chi connectivity index (χ4v) is 6.39. The van der Waals surface area contributed by atoms with Crippen molar-refractivity contribution in [2.75, 3.05) is 26.3 Å². The Bertz CT molecular complexity index is 1720. The topological polar surface area (TPSA) is 105 Å². The van der Waals surface area contributed by atoms with Crippen molar-refractivity contribution in [3.8, 4) is 11.5 Å². The van der Waals surface area contributed by atoms with Gasteiger partial charge in [-0.25, -0.2) is 18.1 Å². The third kappa shape index (κ3) is 4.69. The van der Waals surface area contributed by atoms with Gasteiger partial charge in [0.05, 0.1) is 36.3 Å². The quantitative estimate of drug-likeness (QED) is 0.326. The highest BCUT2D eigenvalue weighted by Gasteiger charge is 2.26. The zero-order valence-corrected chi connectivity index (χ0v) is 21.3. The molecule has 1 fully saturated rings. The monoisotopic (exact) mass is 533 g/mol. The van der Waals surface area contributed by atoms with Crippen LogP contribution in [0.2, 0.25) is 0 Å². The molecule has 1 aliphatic rings. The number of morpholine rings is 1. The summed E-state index contributed by atoms with van der Waals surface area (Å²) in [5, 5.41) is 7.74. The molecule has 0 bridgehead atoms. The average Bonchev–Trinajstić information content (AvgIpc) is 3.69. The predicted molar refractivity (Wildman–Crippen MR) is 143 cm³/mol. The number of H-pyrrole nitrogens is 1. The number of para-hydroxylation sites is 1. The molecule has 0 aliphatic carbocycles. The number of rotatable bonds is 6. The first kappa shape index (κ1) is 23.6.